The molecule has 3 rings (SSSR count). The molecule has 0 aliphatic heterocycles. The van der Waals surface area contributed by atoms with Crippen LogP contribution in [-0.2, 0) is 0 Å². The Hall–Kier alpha value is -2.75. The van der Waals surface area contributed by atoms with E-state index in [1.54, 1.807) is 12.3 Å². The lowest BCUT2D eigenvalue weighted by molar-refractivity contribution is 0.102. The van der Waals surface area contributed by atoms with Crippen LogP contribution in [-0.4, -0.2) is 15.9 Å². The van der Waals surface area contributed by atoms with Crippen molar-refractivity contribution in [1.82, 2.24) is 9.97 Å². The van der Waals surface area contributed by atoms with E-state index in [-0.39, 0.29) is 5.91 Å². The molecular formula is C17H15N3O. The molecule has 2 heterocycles. The van der Waals surface area contributed by atoms with Crippen molar-refractivity contribution in [3.05, 3.63) is 65.5 Å². The van der Waals surface area contributed by atoms with Gasteiger partial charge >= 0.3 is 0 Å². The Morgan fingerprint density at radius 2 is 1.90 bits per heavy atom. The van der Waals surface area contributed by atoms with Gasteiger partial charge in [-0.15, -0.1) is 0 Å². The summed E-state index contributed by atoms with van der Waals surface area (Å²) in [7, 11) is 0. The largest absolute Gasteiger partial charge is 0.307 e. The van der Waals surface area contributed by atoms with Crippen molar-refractivity contribution in [2.24, 2.45) is 0 Å². The van der Waals surface area contributed by atoms with Gasteiger partial charge in [-0.1, -0.05) is 18.2 Å². The van der Waals surface area contributed by atoms with Crippen molar-refractivity contribution < 1.29 is 4.79 Å². The molecule has 104 valence electrons. The van der Waals surface area contributed by atoms with Gasteiger partial charge in [0.25, 0.3) is 5.91 Å². The number of rotatable bonds is 2. The molecule has 4 nitrogen and oxygen atoms in total. The van der Waals surface area contributed by atoms with Crippen molar-refractivity contribution in [3.8, 4) is 0 Å². The highest BCUT2D eigenvalue weighted by atomic mass is 16.1. The van der Waals surface area contributed by atoms with Gasteiger partial charge in [0.2, 0.25) is 0 Å². The second kappa shape index (κ2) is 5.32. The van der Waals surface area contributed by atoms with Crippen molar-refractivity contribution in [1.29, 1.82) is 0 Å². The molecule has 3 aromatic rings. The number of benzene rings is 1. The van der Waals surface area contributed by atoms with Crippen LogP contribution < -0.4 is 5.32 Å². The number of aromatic nitrogens is 2. The van der Waals surface area contributed by atoms with Crippen LogP contribution in [0.1, 0.15) is 21.6 Å². The summed E-state index contributed by atoms with van der Waals surface area (Å²) in [4.78, 5) is 21.1. The van der Waals surface area contributed by atoms with E-state index < -0.39 is 0 Å². The lowest BCUT2D eigenvalue weighted by Gasteiger charge is -2.09. The topological polar surface area (TPSA) is 54.9 Å². The normalized spacial score (nSPS) is 10.6. The molecule has 0 radical (unpaired) electrons. The van der Waals surface area contributed by atoms with Crippen molar-refractivity contribution in [2.45, 2.75) is 13.8 Å². The summed E-state index contributed by atoms with van der Waals surface area (Å²) in [5.41, 5.74) is 3.30. The van der Waals surface area contributed by atoms with Gasteiger partial charge in [0.15, 0.2) is 0 Å². The minimum atomic E-state index is -0.171. The number of amides is 1. The zero-order chi connectivity index (χ0) is 14.8. The summed E-state index contributed by atoms with van der Waals surface area (Å²) in [5.74, 6) is 0.383. The van der Waals surface area contributed by atoms with E-state index in [0.717, 1.165) is 22.2 Å². The number of carbonyl (C=O) groups excluding carboxylic acids is 1. The van der Waals surface area contributed by atoms with Gasteiger partial charge in [-0.2, -0.15) is 0 Å². The molecule has 1 N–H and O–H groups in total. The maximum absolute atomic E-state index is 12.5. The van der Waals surface area contributed by atoms with Crippen LogP contribution in [0.3, 0.4) is 0 Å². The number of para-hydroxylation sites is 1. The number of anilines is 1. The lowest BCUT2D eigenvalue weighted by Crippen LogP contribution is -2.14. The number of aryl methyl sites for hydroxylation is 2. The third-order valence-electron chi connectivity index (χ3n) is 3.25. The molecule has 1 amide bonds. The van der Waals surface area contributed by atoms with Gasteiger partial charge in [-0.05, 0) is 43.7 Å². The second-order valence-electron chi connectivity index (χ2n) is 5.00. The first kappa shape index (κ1) is 13.2. The Morgan fingerprint density at radius 1 is 1.10 bits per heavy atom. The third kappa shape index (κ3) is 2.74. The molecule has 0 aliphatic carbocycles. The number of pyridine rings is 2. The van der Waals surface area contributed by atoms with Gasteiger partial charge < -0.3 is 5.32 Å². The zero-order valence-electron chi connectivity index (χ0n) is 11.9. The number of nitrogens with one attached hydrogen (secondary N) is 1. The highest BCUT2D eigenvalue weighted by Crippen LogP contribution is 2.19. The summed E-state index contributed by atoms with van der Waals surface area (Å²) >= 11 is 0. The molecule has 0 aliphatic rings. The fourth-order valence-electron chi connectivity index (χ4n) is 2.28. The van der Waals surface area contributed by atoms with Crippen LogP contribution in [0.5, 0.6) is 0 Å². The van der Waals surface area contributed by atoms with Gasteiger partial charge in [0.1, 0.15) is 5.82 Å². The summed E-state index contributed by atoms with van der Waals surface area (Å²) in [6.45, 7) is 3.84. The third-order valence-corrected chi connectivity index (χ3v) is 3.25. The Bertz CT molecular complexity index is 827. The molecule has 0 atom stereocenters. The van der Waals surface area contributed by atoms with Gasteiger partial charge in [0.05, 0.1) is 11.1 Å². The van der Waals surface area contributed by atoms with Crippen LogP contribution in [0.4, 0.5) is 5.82 Å². The first-order chi connectivity index (χ1) is 10.1. The molecular weight excluding hydrogens is 262 g/mol. The van der Waals surface area contributed by atoms with Gasteiger partial charge in [-0.3, -0.25) is 9.78 Å². The van der Waals surface area contributed by atoms with E-state index >= 15 is 0 Å². The molecule has 0 unspecified atom stereocenters. The monoisotopic (exact) mass is 277 g/mol. The first-order valence-corrected chi connectivity index (χ1v) is 6.74. The van der Waals surface area contributed by atoms with Gasteiger partial charge in [-0.25, -0.2) is 4.98 Å². The highest BCUT2D eigenvalue weighted by Gasteiger charge is 2.12. The Kier molecular flexibility index (Phi) is 3.36. The summed E-state index contributed by atoms with van der Waals surface area (Å²) < 4.78 is 0. The zero-order valence-corrected chi connectivity index (χ0v) is 11.9. The van der Waals surface area contributed by atoms with E-state index in [2.05, 4.69) is 15.3 Å². The molecule has 0 bridgehead atoms. The van der Waals surface area contributed by atoms with Crippen LogP contribution in [0.15, 0.2) is 48.7 Å². The molecule has 4 heteroatoms. The quantitative estimate of drug-likeness (QED) is 0.780. The Morgan fingerprint density at radius 3 is 2.71 bits per heavy atom. The molecule has 0 saturated carbocycles. The molecule has 0 saturated heterocycles. The van der Waals surface area contributed by atoms with Crippen molar-refractivity contribution >= 4 is 22.6 Å². The SMILES string of the molecule is Cc1ccnc(NC(=O)c2cc(C)nc3ccccc23)c1. The van der Waals surface area contributed by atoms with E-state index in [1.165, 1.54) is 0 Å². The van der Waals surface area contributed by atoms with Crippen LogP contribution >= 0.6 is 0 Å². The average molecular weight is 277 g/mol. The maximum atomic E-state index is 12.5. The highest BCUT2D eigenvalue weighted by molar-refractivity contribution is 6.12. The molecule has 21 heavy (non-hydrogen) atoms. The van der Waals surface area contributed by atoms with Crippen LogP contribution in [0.2, 0.25) is 0 Å². The lowest BCUT2D eigenvalue weighted by atomic mass is 10.1. The smallest absolute Gasteiger partial charge is 0.257 e. The first-order valence-electron chi connectivity index (χ1n) is 6.74. The maximum Gasteiger partial charge on any atom is 0.257 e. The summed E-state index contributed by atoms with van der Waals surface area (Å²) in [6, 6.07) is 13.2. The number of carbonyl (C=O) groups is 1. The fraction of sp³-hybridized carbons (Fsp3) is 0.118. The molecule has 0 spiro atoms. The van der Waals surface area contributed by atoms with Crippen molar-refractivity contribution in [2.75, 3.05) is 5.32 Å². The Labute approximate surface area is 122 Å². The number of nitrogens with zero attached hydrogens (tertiary/aromatic N) is 2. The van der Waals surface area contributed by atoms with E-state index in [4.69, 9.17) is 0 Å². The predicted octanol–water partition coefficient (Wildman–Crippen LogP) is 3.50. The van der Waals surface area contributed by atoms with Crippen molar-refractivity contribution in [3.63, 3.8) is 0 Å². The number of hydrogen-bond donors (Lipinski definition) is 1. The summed E-state index contributed by atoms with van der Waals surface area (Å²) in [5, 5.41) is 3.68. The fourth-order valence-corrected chi connectivity index (χ4v) is 2.28. The molecule has 0 fully saturated rings. The summed E-state index contributed by atoms with van der Waals surface area (Å²) in [6.07, 6.45) is 1.68. The van der Waals surface area contributed by atoms with Crippen LogP contribution in [0, 0.1) is 13.8 Å². The minimum Gasteiger partial charge on any atom is -0.307 e. The van der Waals surface area contributed by atoms with Crippen LogP contribution in [0.25, 0.3) is 10.9 Å². The van der Waals surface area contributed by atoms with Gasteiger partial charge in [0, 0.05) is 17.3 Å². The van der Waals surface area contributed by atoms with E-state index in [0.29, 0.717) is 11.4 Å². The van der Waals surface area contributed by atoms with E-state index in [9.17, 15) is 4.79 Å². The predicted molar refractivity (Wildman–Crippen MR) is 83.4 cm³/mol. The second-order valence-corrected chi connectivity index (χ2v) is 5.00. The molecule has 1 aromatic carbocycles. The van der Waals surface area contributed by atoms with E-state index in [1.807, 2.05) is 50.2 Å². The average Bonchev–Trinajstić information content (AvgIpc) is 2.46. The molecule has 2 aromatic heterocycles. The standard InChI is InChI=1S/C17H15N3O/c1-11-7-8-18-16(9-11)20-17(21)14-10-12(2)19-15-6-4-3-5-13(14)15/h3-10H,1-2H3,(H,18,20,21). The Balaban J connectivity index is 2.02. The number of hydrogen-bond acceptors (Lipinski definition) is 3. The minimum absolute atomic E-state index is 0.171. The number of fused-ring (bicyclic) bond motifs is 1.